The molecule has 27 heavy (non-hydrogen) atoms. The number of ether oxygens (including phenoxy) is 2. The Morgan fingerprint density at radius 1 is 1.26 bits per heavy atom. The maximum atomic E-state index is 12.9. The second-order valence-corrected chi connectivity index (χ2v) is 8.10. The summed E-state index contributed by atoms with van der Waals surface area (Å²) in [5, 5.41) is 0. The number of halogens is 1. The van der Waals surface area contributed by atoms with Crippen molar-refractivity contribution in [2.24, 2.45) is 0 Å². The van der Waals surface area contributed by atoms with Gasteiger partial charge in [0, 0.05) is 4.47 Å². The number of carbonyl (C=O) groups is 1. The molecule has 138 valence electrons. The molecule has 1 heterocycles. The molecule has 1 fully saturated rings. The van der Waals surface area contributed by atoms with Gasteiger partial charge in [0.15, 0.2) is 15.8 Å². The molecule has 1 aliphatic rings. The predicted molar refractivity (Wildman–Crippen MR) is 118 cm³/mol. The van der Waals surface area contributed by atoms with Crippen molar-refractivity contribution in [1.82, 2.24) is 0 Å². The molecule has 0 aliphatic carbocycles. The number of hydrogen-bond donors (Lipinski definition) is 0. The summed E-state index contributed by atoms with van der Waals surface area (Å²) >= 11 is 10.1. The minimum atomic E-state index is -0.144. The minimum Gasteiger partial charge on any atom is -0.493 e. The number of anilines is 1. The van der Waals surface area contributed by atoms with Gasteiger partial charge in [0.1, 0.15) is 6.61 Å². The monoisotopic (exact) mass is 461 g/mol. The van der Waals surface area contributed by atoms with Crippen molar-refractivity contribution in [3.8, 4) is 11.5 Å². The summed E-state index contributed by atoms with van der Waals surface area (Å²) in [5.74, 6) is 1.07. The fourth-order valence-electron chi connectivity index (χ4n) is 2.50. The van der Waals surface area contributed by atoms with Crippen LogP contribution in [0.25, 0.3) is 6.08 Å². The van der Waals surface area contributed by atoms with E-state index in [1.54, 1.807) is 19.3 Å². The number of rotatable bonds is 6. The van der Waals surface area contributed by atoms with E-state index >= 15 is 0 Å². The first-order valence-electron chi connectivity index (χ1n) is 7.98. The van der Waals surface area contributed by atoms with Gasteiger partial charge in [0.2, 0.25) is 0 Å². The van der Waals surface area contributed by atoms with Crippen molar-refractivity contribution < 1.29 is 14.3 Å². The lowest BCUT2D eigenvalue weighted by atomic mass is 10.2. The molecule has 3 rings (SSSR count). The number of methoxy groups -OCH3 is 1. The average Bonchev–Trinajstić information content (AvgIpc) is 2.93. The number of hydrogen-bond acceptors (Lipinski definition) is 5. The Morgan fingerprint density at radius 3 is 2.78 bits per heavy atom. The number of thioether (sulfide) groups is 1. The topological polar surface area (TPSA) is 38.8 Å². The SMILES string of the molecule is C=CCOc1ccc(/C=C2/SC(=S)N(c3cccc(Br)c3)C2=O)cc1OC. The van der Waals surface area contributed by atoms with Gasteiger partial charge in [-0.15, -0.1) is 0 Å². The Labute approximate surface area is 176 Å². The van der Waals surface area contributed by atoms with Crippen LogP contribution in [-0.2, 0) is 4.79 Å². The maximum Gasteiger partial charge on any atom is 0.270 e. The van der Waals surface area contributed by atoms with Gasteiger partial charge in [0.05, 0.1) is 17.7 Å². The predicted octanol–water partition coefficient (Wildman–Crippen LogP) is 5.43. The van der Waals surface area contributed by atoms with Gasteiger partial charge < -0.3 is 9.47 Å². The molecule has 0 radical (unpaired) electrons. The van der Waals surface area contributed by atoms with Gasteiger partial charge in [-0.3, -0.25) is 9.69 Å². The molecule has 2 aromatic carbocycles. The van der Waals surface area contributed by atoms with E-state index in [9.17, 15) is 4.79 Å². The first kappa shape index (κ1) is 19.7. The van der Waals surface area contributed by atoms with E-state index < -0.39 is 0 Å². The second-order valence-electron chi connectivity index (χ2n) is 5.51. The van der Waals surface area contributed by atoms with E-state index in [4.69, 9.17) is 21.7 Å². The Kier molecular flexibility index (Phi) is 6.36. The molecule has 0 aromatic heterocycles. The number of carbonyl (C=O) groups excluding carboxylic acids is 1. The number of benzene rings is 2. The number of thiocarbonyl (C=S) groups is 1. The van der Waals surface area contributed by atoms with Crippen LogP contribution >= 0.6 is 39.9 Å². The van der Waals surface area contributed by atoms with Crippen molar-refractivity contribution in [2.75, 3.05) is 18.6 Å². The highest BCUT2D eigenvalue weighted by atomic mass is 79.9. The van der Waals surface area contributed by atoms with Crippen LogP contribution < -0.4 is 14.4 Å². The lowest BCUT2D eigenvalue weighted by molar-refractivity contribution is -0.113. The third-order valence-electron chi connectivity index (χ3n) is 3.70. The number of nitrogens with zero attached hydrogens (tertiary/aromatic N) is 1. The van der Waals surface area contributed by atoms with E-state index in [0.29, 0.717) is 27.3 Å². The summed E-state index contributed by atoms with van der Waals surface area (Å²) in [6.07, 6.45) is 3.47. The second kappa shape index (κ2) is 8.73. The molecule has 0 unspecified atom stereocenters. The third kappa shape index (κ3) is 4.43. The first-order valence-corrected chi connectivity index (χ1v) is 10.0. The minimum absolute atomic E-state index is 0.144. The maximum absolute atomic E-state index is 12.9. The van der Waals surface area contributed by atoms with E-state index in [1.807, 2.05) is 42.5 Å². The van der Waals surface area contributed by atoms with Gasteiger partial charge in [-0.1, -0.05) is 64.7 Å². The van der Waals surface area contributed by atoms with Gasteiger partial charge in [0.25, 0.3) is 5.91 Å². The van der Waals surface area contributed by atoms with Gasteiger partial charge in [-0.05, 0) is 42.0 Å². The summed E-state index contributed by atoms with van der Waals surface area (Å²) in [5.41, 5.74) is 1.56. The Hall–Kier alpha value is -2.09. The molecule has 0 bridgehead atoms. The molecule has 4 nitrogen and oxygen atoms in total. The molecule has 0 atom stereocenters. The largest absolute Gasteiger partial charge is 0.493 e. The smallest absolute Gasteiger partial charge is 0.270 e. The van der Waals surface area contributed by atoms with Crippen LogP contribution in [0.4, 0.5) is 5.69 Å². The average molecular weight is 462 g/mol. The Bertz CT molecular complexity index is 943. The molecule has 1 aliphatic heterocycles. The van der Waals surface area contributed by atoms with Crippen molar-refractivity contribution in [3.05, 3.63) is 70.1 Å². The van der Waals surface area contributed by atoms with Crippen LogP contribution in [0.2, 0.25) is 0 Å². The van der Waals surface area contributed by atoms with Crippen molar-refractivity contribution in [3.63, 3.8) is 0 Å². The Morgan fingerprint density at radius 2 is 2.07 bits per heavy atom. The highest BCUT2D eigenvalue weighted by Gasteiger charge is 2.33. The van der Waals surface area contributed by atoms with E-state index in [2.05, 4.69) is 22.5 Å². The zero-order valence-corrected chi connectivity index (χ0v) is 17.7. The summed E-state index contributed by atoms with van der Waals surface area (Å²) in [6.45, 7) is 4.02. The van der Waals surface area contributed by atoms with Crippen LogP contribution in [0.1, 0.15) is 5.56 Å². The molecule has 0 saturated carbocycles. The summed E-state index contributed by atoms with van der Waals surface area (Å²) < 4.78 is 12.3. The molecule has 0 N–H and O–H groups in total. The lowest BCUT2D eigenvalue weighted by Crippen LogP contribution is -2.27. The van der Waals surface area contributed by atoms with Crippen molar-refractivity contribution >= 4 is 61.9 Å². The lowest BCUT2D eigenvalue weighted by Gasteiger charge is -2.14. The van der Waals surface area contributed by atoms with Crippen LogP contribution in [0.15, 0.2) is 64.5 Å². The molecule has 7 heteroatoms. The van der Waals surface area contributed by atoms with Crippen LogP contribution in [0, 0.1) is 0 Å². The van der Waals surface area contributed by atoms with Crippen LogP contribution in [-0.4, -0.2) is 23.9 Å². The van der Waals surface area contributed by atoms with E-state index in [-0.39, 0.29) is 5.91 Å². The quantitative estimate of drug-likeness (QED) is 0.325. The van der Waals surface area contributed by atoms with Crippen LogP contribution in [0.3, 0.4) is 0 Å². The molecular weight excluding hydrogens is 446 g/mol. The first-order chi connectivity index (χ1) is 13.0. The standard InChI is InChI=1S/C20H16BrNO3S2/c1-3-9-25-16-8-7-13(10-17(16)24-2)11-18-19(23)22(20(26)27-18)15-6-4-5-14(21)12-15/h3-8,10-12H,1,9H2,2H3/b18-11+. The fourth-order valence-corrected chi connectivity index (χ4v) is 4.18. The zero-order chi connectivity index (χ0) is 19.4. The highest BCUT2D eigenvalue weighted by molar-refractivity contribution is 9.10. The van der Waals surface area contributed by atoms with Crippen molar-refractivity contribution in [2.45, 2.75) is 0 Å². The highest BCUT2D eigenvalue weighted by Crippen LogP contribution is 2.37. The van der Waals surface area contributed by atoms with Crippen LogP contribution in [0.5, 0.6) is 11.5 Å². The molecule has 2 aromatic rings. The van der Waals surface area contributed by atoms with Gasteiger partial charge in [-0.25, -0.2) is 0 Å². The zero-order valence-electron chi connectivity index (χ0n) is 14.5. The molecule has 0 spiro atoms. The Balaban J connectivity index is 1.88. The summed E-state index contributed by atoms with van der Waals surface area (Å²) in [4.78, 5) is 15.0. The number of amides is 1. The molecular formula is C20H16BrNO3S2. The summed E-state index contributed by atoms with van der Waals surface area (Å²) in [7, 11) is 1.58. The van der Waals surface area contributed by atoms with Gasteiger partial charge in [-0.2, -0.15) is 0 Å². The van der Waals surface area contributed by atoms with E-state index in [0.717, 1.165) is 15.7 Å². The molecule has 1 amide bonds. The van der Waals surface area contributed by atoms with Gasteiger partial charge >= 0.3 is 0 Å². The van der Waals surface area contributed by atoms with Crippen molar-refractivity contribution in [1.29, 1.82) is 0 Å². The molecule has 1 saturated heterocycles. The fraction of sp³-hybridized carbons (Fsp3) is 0.100. The summed E-state index contributed by atoms with van der Waals surface area (Å²) in [6, 6.07) is 13.0. The van der Waals surface area contributed by atoms with E-state index in [1.165, 1.54) is 16.7 Å². The third-order valence-corrected chi connectivity index (χ3v) is 5.50. The normalized spacial score (nSPS) is 15.3.